The molecule has 1 aliphatic heterocycles. The molecule has 7 heteroatoms. The molecule has 1 saturated heterocycles. The van der Waals surface area contributed by atoms with Gasteiger partial charge in [0.15, 0.2) is 11.5 Å². The van der Waals surface area contributed by atoms with Gasteiger partial charge in [0.05, 0.1) is 19.5 Å². The molecule has 3 heterocycles. The largest absolute Gasteiger partial charge is 0.461 e. The van der Waals surface area contributed by atoms with Gasteiger partial charge in [0.1, 0.15) is 0 Å². The molecule has 0 saturated carbocycles. The maximum absolute atomic E-state index is 12.3. The highest BCUT2D eigenvalue weighted by Gasteiger charge is 2.25. The van der Waals surface area contributed by atoms with Crippen LogP contribution in [0.1, 0.15) is 24.3 Å². The Kier molecular flexibility index (Phi) is 5.32. The number of rotatable bonds is 6. The fraction of sp³-hybridized carbons (Fsp3) is 0.529. The van der Waals surface area contributed by atoms with Gasteiger partial charge in [-0.3, -0.25) is 9.69 Å². The normalized spacial score (nSPS) is 17.1. The monoisotopic (exact) mass is 333 g/mol. The molecule has 7 nitrogen and oxygen atoms in total. The lowest BCUT2D eigenvalue weighted by atomic mass is 10.0. The minimum absolute atomic E-state index is 0.240. The maximum Gasteiger partial charge on any atom is 0.273 e. The predicted octanol–water partition coefficient (Wildman–Crippen LogP) is 2.02. The maximum atomic E-state index is 12.3. The van der Waals surface area contributed by atoms with E-state index >= 15 is 0 Å². The van der Waals surface area contributed by atoms with Crippen LogP contribution >= 0.6 is 0 Å². The molecule has 2 aromatic heterocycles. The van der Waals surface area contributed by atoms with E-state index in [4.69, 9.17) is 13.7 Å². The Bertz CT molecular complexity index is 645. The molecule has 0 aliphatic carbocycles. The number of hydrogen-bond acceptors (Lipinski definition) is 6. The minimum Gasteiger partial charge on any atom is -0.461 e. The molecule has 1 N–H and O–H groups in total. The lowest BCUT2D eigenvalue weighted by Crippen LogP contribution is -2.51. The molecule has 0 unspecified atom stereocenters. The zero-order chi connectivity index (χ0) is 16.9. The molecule has 1 fully saturated rings. The Morgan fingerprint density at radius 3 is 2.79 bits per heavy atom. The van der Waals surface area contributed by atoms with Gasteiger partial charge in [-0.15, -0.1) is 0 Å². The Labute approximate surface area is 140 Å². The van der Waals surface area contributed by atoms with E-state index in [9.17, 15) is 4.79 Å². The molecule has 24 heavy (non-hydrogen) atoms. The summed E-state index contributed by atoms with van der Waals surface area (Å²) in [6.45, 7) is 8.17. The van der Waals surface area contributed by atoms with Crippen LogP contribution in [-0.2, 0) is 4.74 Å². The van der Waals surface area contributed by atoms with Crippen molar-refractivity contribution >= 4 is 5.91 Å². The highest BCUT2D eigenvalue weighted by atomic mass is 16.5. The molecular weight excluding hydrogens is 310 g/mol. The molecular formula is C17H23N3O4. The van der Waals surface area contributed by atoms with E-state index in [2.05, 4.69) is 29.2 Å². The fourth-order valence-electron chi connectivity index (χ4n) is 2.90. The summed E-state index contributed by atoms with van der Waals surface area (Å²) in [5, 5.41) is 6.79. The Morgan fingerprint density at radius 2 is 2.12 bits per heavy atom. The summed E-state index contributed by atoms with van der Waals surface area (Å²) in [6.07, 6.45) is 1.55. The van der Waals surface area contributed by atoms with Crippen LogP contribution in [0.15, 0.2) is 33.4 Å². The third-order valence-corrected chi connectivity index (χ3v) is 4.26. The zero-order valence-electron chi connectivity index (χ0n) is 14.0. The van der Waals surface area contributed by atoms with Crippen molar-refractivity contribution < 1.29 is 18.5 Å². The van der Waals surface area contributed by atoms with Gasteiger partial charge < -0.3 is 19.0 Å². The molecule has 130 valence electrons. The molecule has 1 atom stereocenters. The summed E-state index contributed by atoms with van der Waals surface area (Å²) in [6, 6.07) is 5.38. The Hall–Kier alpha value is -2.12. The van der Waals surface area contributed by atoms with Gasteiger partial charge in [0, 0.05) is 31.7 Å². The van der Waals surface area contributed by atoms with Crippen molar-refractivity contribution in [2.24, 2.45) is 5.92 Å². The van der Waals surface area contributed by atoms with Gasteiger partial charge >= 0.3 is 0 Å². The first kappa shape index (κ1) is 16.7. The second-order valence-corrected chi connectivity index (χ2v) is 6.22. The number of carbonyl (C=O) groups is 1. The second kappa shape index (κ2) is 7.63. The van der Waals surface area contributed by atoms with E-state index in [1.165, 1.54) is 0 Å². The third kappa shape index (κ3) is 3.85. The van der Waals surface area contributed by atoms with Crippen LogP contribution in [-0.4, -0.2) is 54.9 Å². The molecule has 0 spiro atoms. The highest BCUT2D eigenvalue weighted by Crippen LogP contribution is 2.20. The first-order valence-corrected chi connectivity index (χ1v) is 8.25. The molecule has 2 aromatic rings. The van der Waals surface area contributed by atoms with Crippen molar-refractivity contribution in [1.29, 1.82) is 0 Å². The van der Waals surface area contributed by atoms with E-state index in [0.717, 1.165) is 26.3 Å². The quantitative estimate of drug-likeness (QED) is 0.871. The molecule has 1 aliphatic rings. The van der Waals surface area contributed by atoms with Gasteiger partial charge in [-0.1, -0.05) is 19.0 Å². The van der Waals surface area contributed by atoms with Crippen molar-refractivity contribution in [2.75, 3.05) is 32.8 Å². The molecule has 0 bridgehead atoms. The van der Waals surface area contributed by atoms with E-state index < -0.39 is 0 Å². The molecule has 0 aromatic carbocycles. The average molecular weight is 333 g/mol. The van der Waals surface area contributed by atoms with Crippen molar-refractivity contribution in [1.82, 2.24) is 15.4 Å². The van der Waals surface area contributed by atoms with Gasteiger partial charge in [-0.25, -0.2) is 0 Å². The Balaban J connectivity index is 1.59. The van der Waals surface area contributed by atoms with E-state index in [-0.39, 0.29) is 17.6 Å². The number of ether oxygens (including phenoxy) is 1. The zero-order valence-corrected chi connectivity index (χ0v) is 14.0. The number of carbonyl (C=O) groups excluding carboxylic acids is 1. The van der Waals surface area contributed by atoms with Crippen LogP contribution in [0.4, 0.5) is 0 Å². The van der Waals surface area contributed by atoms with E-state index in [1.54, 1.807) is 24.5 Å². The number of nitrogens with zero attached hydrogens (tertiary/aromatic N) is 2. The second-order valence-electron chi connectivity index (χ2n) is 6.22. The average Bonchev–Trinajstić information content (AvgIpc) is 3.27. The topological polar surface area (TPSA) is 80.7 Å². The van der Waals surface area contributed by atoms with E-state index in [1.807, 2.05) is 0 Å². The van der Waals surface area contributed by atoms with Crippen molar-refractivity contribution in [3.05, 3.63) is 30.2 Å². The lowest BCUT2D eigenvalue weighted by Gasteiger charge is -2.36. The first-order chi connectivity index (χ1) is 11.6. The number of furan rings is 1. The third-order valence-electron chi connectivity index (χ3n) is 4.26. The number of morpholine rings is 1. The summed E-state index contributed by atoms with van der Waals surface area (Å²) in [7, 11) is 0. The summed E-state index contributed by atoms with van der Waals surface area (Å²) in [5.74, 6) is 1.18. The number of amides is 1. The van der Waals surface area contributed by atoms with Gasteiger partial charge in [0.25, 0.3) is 5.91 Å². The number of aromatic nitrogens is 1. The summed E-state index contributed by atoms with van der Waals surface area (Å²) >= 11 is 0. The lowest BCUT2D eigenvalue weighted by molar-refractivity contribution is 0.00671. The summed E-state index contributed by atoms with van der Waals surface area (Å²) in [4.78, 5) is 14.7. The van der Waals surface area contributed by atoms with Crippen LogP contribution in [0, 0.1) is 5.92 Å². The van der Waals surface area contributed by atoms with Crippen LogP contribution in [0.2, 0.25) is 0 Å². The van der Waals surface area contributed by atoms with Crippen LogP contribution in [0.3, 0.4) is 0 Å². The van der Waals surface area contributed by atoms with Crippen molar-refractivity contribution in [3.63, 3.8) is 0 Å². The Morgan fingerprint density at radius 1 is 1.33 bits per heavy atom. The van der Waals surface area contributed by atoms with Gasteiger partial charge in [-0.05, 0) is 18.1 Å². The number of hydrogen-bond donors (Lipinski definition) is 1. The minimum atomic E-state index is -0.240. The van der Waals surface area contributed by atoms with Crippen molar-refractivity contribution in [3.8, 4) is 11.5 Å². The van der Waals surface area contributed by atoms with Crippen LogP contribution < -0.4 is 5.32 Å². The summed E-state index contributed by atoms with van der Waals surface area (Å²) in [5.41, 5.74) is 0.255. The fourth-order valence-corrected chi connectivity index (χ4v) is 2.90. The molecule has 1 amide bonds. The van der Waals surface area contributed by atoms with Crippen LogP contribution in [0.5, 0.6) is 0 Å². The number of nitrogens with one attached hydrogen (secondary N) is 1. The molecule has 0 radical (unpaired) electrons. The first-order valence-electron chi connectivity index (χ1n) is 8.25. The summed E-state index contributed by atoms with van der Waals surface area (Å²) < 4.78 is 15.8. The standard InChI is InChI=1S/C17H23N3O4/c1-12(2)14(20-5-8-22-9-6-20)11-18-17(21)13-10-16(24-19-13)15-4-3-7-23-15/h3-4,7,10,12,14H,5-6,8-9,11H2,1-2H3,(H,18,21)/t14-/m1/s1. The highest BCUT2D eigenvalue weighted by molar-refractivity contribution is 5.92. The predicted molar refractivity (Wildman–Crippen MR) is 87.6 cm³/mol. The van der Waals surface area contributed by atoms with Gasteiger partial charge in [0.2, 0.25) is 5.76 Å². The van der Waals surface area contributed by atoms with Crippen molar-refractivity contribution in [2.45, 2.75) is 19.9 Å². The smallest absolute Gasteiger partial charge is 0.273 e. The molecule has 3 rings (SSSR count). The van der Waals surface area contributed by atoms with Crippen LogP contribution in [0.25, 0.3) is 11.5 Å². The SMILES string of the molecule is CC(C)[C@@H](CNC(=O)c1cc(-c2ccco2)on1)N1CCOCC1. The van der Waals surface area contributed by atoms with E-state index in [0.29, 0.717) is 24.0 Å². The van der Waals surface area contributed by atoms with Gasteiger partial charge in [-0.2, -0.15) is 0 Å².